The Morgan fingerprint density at radius 2 is 1.46 bits per heavy atom. The van der Waals surface area contributed by atoms with Crippen LogP contribution in [0.15, 0.2) is 114 Å². The maximum atomic E-state index is 15.0. The summed E-state index contributed by atoms with van der Waals surface area (Å²) in [4.78, 5) is 29.5. The SMILES string of the molecule is CCOc1ccc(N(CC(=O)N(Cc2ccccc2F)[C@H](Cc2ccccc2)C(=O)NCC(C)C)S(=O)(=O)c2ccccc2)cc1. The zero-order valence-electron chi connectivity index (χ0n) is 26.3. The molecule has 2 amide bonds. The first-order valence-electron chi connectivity index (χ1n) is 15.2. The first-order chi connectivity index (χ1) is 22.1. The van der Waals surface area contributed by atoms with Crippen molar-refractivity contribution in [1.29, 1.82) is 0 Å². The van der Waals surface area contributed by atoms with Crippen LogP contribution in [0.5, 0.6) is 5.75 Å². The van der Waals surface area contributed by atoms with Crippen molar-refractivity contribution in [2.24, 2.45) is 5.92 Å². The van der Waals surface area contributed by atoms with E-state index in [4.69, 9.17) is 4.74 Å². The molecule has 0 aliphatic carbocycles. The Bertz CT molecular complexity index is 1680. The number of nitrogens with zero attached hydrogens (tertiary/aromatic N) is 2. The summed E-state index contributed by atoms with van der Waals surface area (Å²) in [5.74, 6) is -0.941. The predicted molar refractivity (Wildman–Crippen MR) is 177 cm³/mol. The minimum Gasteiger partial charge on any atom is -0.494 e. The van der Waals surface area contributed by atoms with Crippen LogP contribution in [0.4, 0.5) is 10.1 Å². The van der Waals surface area contributed by atoms with Crippen LogP contribution in [-0.4, -0.2) is 50.9 Å². The molecule has 4 rings (SSSR count). The van der Waals surface area contributed by atoms with Gasteiger partial charge in [0.25, 0.3) is 10.0 Å². The Balaban J connectivity index is 1.80. The Hall–Kier alpha value is -4.70. The number of carbonyl (C=O) groups is 2. The molecule has 46 heavy (non-hydrogen) atoms. The van der Waals surface area contributed by atoms with Gasteiger partial charge in [-0.2, -0.15) is 0 Å². The number of rotatable bonds is 15. The van der Waals surface area contributed by atoms with Gasteiger partial charge < -0.3 is 15.0 Å². The predicted octanol–water partition coefficient (Wildman–Crippen LogP) is 5.83. The Labute approximate surface area is 270 Å². The molecule has 0 spiro atoms. The Kier molecular flexibility index (Phi) is 11.9. The third kappa shape index (κ3) is 8.94. The lowest BCUT2D eigenvalue weighted by Crippen LogP contribution is -2.53. The number of amides is 2. The molecule has 0 aliphatic rings. The minimum atomic E-state index is -4.24. The zero-order valence-corrected chi connectivity index (χ0v) is 27.1. The molecule has 10 heteroatoms. The number of sulfonamides is 1. The van der Waals surface area contributed by atoms with E-state index >= 15 is 4.39 Å². The average molecular weight is 646 g/mol. The highest BCUT2D eigenvalue weighted by Gasteiger charge is 2.35. The van der Waals surface area contributed by atoms with Crippen molar-refractivity contribution < 1.29 is 27.1 Å². The van der Waals surface area contributed by atoms with Crippen molar-refractivity contribution in [3.63, 3.8) is 0 Å². The zero-order chi connectivity index (χ0) is 33.1. The molecule has 1 N–H and O–H groups in total. The summed E-state index contributed by atoms with van der Waals surface area (Å²) >= 11 is 0. The molecule has 1 atom stereocenters. The van der Waals surface area contributed by atoms with E-state index in [2.05, 4.69) is 5.32 Å². The lowest BCUT2D eigenvalue weighted by atomic mass is 10.0. The van der Waals surface area contributed by atoms with E-state index in [9.17, 15) is 18.0 Å². The van der Waals surface area contributed by atoms with Crippen molar-refractivity contribution >= 4 is 27.5 Å². The van der Waals surface area contributed by atoms with Gasteiger partial charge in [-0.15, -0.1) is 0 Å². The van der Waals surface area contributed by atoms with E-state index in [0.717, 1.165) is 9.87 Å². The molecule has 0 radical (unpaired) electrons. The second-order valence-corrected chi connectivity index (χ2v) is 13.1. The molecule has 0 aromatic heterocycles. The maximum Gasteiger partial charge on any atom is 0.264 e. The van der Waals surface area contributed by atoms with Gasteiger partial charge in [0.05, 0.1) is 17.2 Å². The molecular formula is C36H40FN3O5S. The van der Waals surface area contributed by atoms with Crippen molar-refractivity contribution in [2.75, 3.05) is 24.0 Å². The summed E-state index contributed by atoms with van der Waals surface area (Å²) in [6.07, 6.45) is 0.138. The van der Waals surface area contributed by atoms with Crippen molar-refractivity contribution in [1.82, 2.24) is 10.2 Å². The van der Waals surface area contributed by atoms with E-state index < -0.39 is 40.2 Å². The van der Waals surface area contributed by atoms with Crippen LogP contribution in [-0.2, 0) is 32.6 Å². The van der Waals surface area contributed by atoms with Crippen molar-refractivity contribution in [3.8, 4) is 5.75 Å². The fraction of sp³-hybridized carbons (Fsp3) is 0.278. The summed E-state index contributed by atoms with van der Waals surface area (Å²) in [5.41, 5.74) is 1.22. The Morgan fingerprint density at radius 1 is 0.848 bits per heavy atom. The number of nitrogens with one attached hydrogen (secondary N) is 1. The molecular weight excluding hydrogens is 605 g/mol. The summed E-state index contributed by atoms with van der Waals surface area (Å²) in [7, 11) is -4.24. The fourth-order valence-electron chi connectivity index (χ4n) is 4.91. The molecule has 0 bridgehead atoms. The second kappa shape index (κ2) is 16.0. The van der Waals surface area contributed by atoms with E-state index in [1.54, 1.807) is 60.7 Å². The van der Waals surface area contributed by atoms with E-state index in [1.165, 1.54) is 23.1 Å². The molecule has 0 saturated heterocycles. The molecule has 0 fully saturated rings. The first-order valence-corrected chi connectivity index (χ1v) is 16.7. The van der Waals surface area contributed by atoms with Gasteiger partial charge in [-0.05, 0) is 60.9 Å². The van der Waals surface area contributed by atoms with Crippen LogP contribution in [0, 0.1) is 11.7 Å². The minimum absolute atomic E-state index is 0.00662. The molecule has 4 aromatic rings. The molecule has 4 aromatic carbocycles. The molecule has 0 unspecified atom stereocenters. The van der Waals surface area contributed by atoms with Gasteiger partial charge >= 0.3 is 0 Å². The first kappa shape index (κ1) is 34.2. The summed E-state index contributed by atoms with van der Waals surface area (Å²) < 4.78 is 49.7. The third-order valence-corrected chi connectivity index (χ3v) is 9.09. The summed E-state index contributed by atoms with van der Waals surface area (Å²) in [5, 5.41) is 2.93. The van der Waals surface area contributed by atoms with Gasteiger partial charge in [0.1, 0.15) is 24.2 Å². The van der Waals surface area contributed by atoms with E-state index in [0.29, 0.717) is 18.9 Å². The van der Waals surface area contributed by atoms with E-state index in [1.807, 2.05) is 51.1 Å². The van der Waals surface area contributed by atoms with Gasteiger partial charge in [0.15, 0.2) is 0 Å². The third-order valence-electron chi connectivity index (χ3n) is 7.30. The van der Waals surface area contributed by atoms with Gasteiger partial charge in [0.2, 0.25) is 11.8 Å². The fourth-order valence-corrected chi connectivity index (χ4v) is 6.35. The second-order valence-electron chi connectivity index (χ2n) is 11.2. The number of hydrogen-bond donors (Lipinski definition) is 1. The van der Waals surface area contributed by atoms with Crippen LogP contribution in [0.2, 0.25) is 0 Å². The largest absolute Gasteiger partial charge is 0.494 e. The van der Waals surface area contributed by atoms with Gasteiger partial charge in [-0.3, -0.25) is 13.9 Å². The van der Waals surface area contributed by atoms with E-state index in [-0.39, 0.29) is 35.0 Å². The monoisotopic (exact) mass is 645 g/mol. The van der Waals surface area contributed by atoms with Crippen molar-refractivity contribution in [3.05, 3.63) is 126 Å². The number of anilines is 1. The standard InChI is InChI=1S/C36H40FN3O5S/c1-4-45-31-21-19-30(20-22-31)40(46(43,44)32-16-9-6-10-17-32)26-35(41)39(25-29-15-11-12-18-33(29)37)34(36(42)38-24-27(2)3)23-28-13-7-5-8-14-28/h5-22,27,34H,4,23-26H2,1-3H3,(H,38,42)/t34-/m1/s1. The topological polar surface area (TPSA) is 96.0 Å². The summed E-state index contributed by atoms with van der Waals surface area (Å²) in [6.45, 7) is 5.66. The number of benzene rings is 4. The quantitative estimate of drug-likeness (QED) is 0.176. The average Bonchev–Trinajstić information content (AvgIpc) is 3.06. The number of ether oxygens (including phenoxy) is 1. The van der Waals surface area contributed by atoms with Crippen LogP contribution in [0.1, 0.15) is 31.9 Å². The van der Waals surface area contributed by atoms with Crippen LogP contribution in [0.25, 0.3) is 0 Å². The highest BCUT2D eigenvalue weighted by molar-refractivity contribution is 7.92. The van der Waals surface area contributed by atoms with Gasteiger partial charge in [-0.1, -0.05) is 80.6 Å². The normalized spacial score (nSPS) is 11.9. The number of halogens is 1. The lowest BCUT2D eigenvalue weighted by molar-refractivity contribution is -0.140. The van der Waals surface area contributed by atoms with Gasteiger partial charge in [-0.25, -0.2) is 12.8 Å². The van der Waals surface area contributed by atoms with Crippen molar-refractivity contribution in [2.45, 2.75) is 44.7 Å². The lowest BCUT2D eigenvalue weighted by Gasteiger charge is -2.34. The maximum absolute atomic E-state index is 15.0. The molecule has 8 nitrogen and oxygen atoms in total. The van der Waals surface area contributed by atoms with Crippen LogP contribution >= 0.6 is 0 Å². The van der Waals surface area contributed by atoms with Crippen LogP contribution in [0.3, 0.4) is 0 Å². The summed E-state index contributed by atoms with van der Waals surface area (Å²) in [6, 6.07) is 28.4. The molecule has 0 saturated carbocycles. The highest BCUT2D eigenvalue weighted by atomic mass is 32.2. The smallest absolute Gasteiger partial charge is 0.264 e. The van der Waals surface area contributed by atoms with Crippen LogP contribution < -0.4 is 14.4 Å². The molecule has 242 valence electrons. The molecule has 0 aliphatic heterocycles. The number of hydrogen-bond acceptors (Lipinski definition) is 5. The number of carbonyl (C=O) groups excluding carboxylic acids is 2. The molecule has 0 heterocycles. The Morgan fingerprint density at radius 3 is 2.07 bits per heavy atom. The highest BCUT2D eigenvalue weighted by Crippen LogP contribution is 2.27. The van der Waals surface area contributed by atoms with Gasteiger partial charge in [0, 0.05) is 25.1 Å².